The smallest absolute Gasteiger partial charge is 0.290 e. The van der Waals surface area contributed by atoms with Crippen molar-refractivity contribution in [2.24, 2.45) is 5.41 Å². The van der Waals surface area contributed by atoms with Crippen LogP contribution in [0.3, 0.4) is 0 Å². The largest absolute Gasteiger partial charge is 0.497 e. The molecule has 1 aliphatic carbocycles. The van der Waals surface area contributed by atoms with Gasteiger partial charge < -0.3 is 29.2 Å². The Labute approximate surface area is 192 Å². The maximum Gasteiger partial charge on any atom is 0.290 e. The highest BCUT2D eigenvalue weighted by Gasteiger charge is 2.44. The first-order valence-electron chi connectivity index (χ1n) is 11.2. The molecule has 1 saturated heterocycles. The maximum atomic E-state index is 12.8. The Morgan fingerprint density at radius 1 is 1.18 bits per heavy atom. The van der Waals surface area contributed by atoms with Crippen molar-refractivity contribution in [1.29, 1.82) is 0 Å². The Balaban J connectivity index is 0.000000821. The van der Waals surface area contributed by atoms with Gasteiger partial charge in [0.25, 0.3) is 12.0 Å². The zero-order valence-electron chi connectivity index (χ0n) is 19.2. The molecule has 176 valence electrons. The first-order valence-corrected chi connectivity index (χ1v) is 11.2. The van der Waals surface area contributed by atoms with Crippen molar-refractivity contribution >= 4 is 17.4 Å². The van der Waals surface area contributed by atoms with Crippen molar-refractivity contribution in [2.75, 3.05) is 46.9 Å². The lowest BCUT2D eigenvalue weighted by atomic mass is 10.1. The summed E-state index contributed by atoms with van der Waals surface area (Å²) in [4.78, 5) is 33.7. The van der Waals surface area contributed by atoms with E-state index in [4.69, 9.17) is 14.6 Å². The molecule has 1 aromatic carbocycles. The molecule has 0 amide bonds. The van der Waals surface area contributed by atoms with E-state index in [2.05, 4.69) is 31.4 Å². The SMILES string of the molecule is COc1ccc2[nH]c(=O)c(-c3nccn3CC3(CN4CCN(C)CC4)CC3)cc2c1.O=CO. The lowest BCUT2D eigenvalue weighted by molar-refractivity contribution is -0.122. The summed E-state index contributed by atoms with van der Waals surface area (Å²) in [5.41, 5.74) is 1.61. The fraction of sp³-hybridized carbons (Fsp3) is 0.458. The Kier molecular flexibility index (Phi) is 6.80. The summed E-state index contributed by atoms with van der Waals surface area (Å²) in [6, 6.07) is 7.60. The summed E-state index contributed by atoms with van der Waals surface area (Å²) in [6.07, 6.45) is 6.29. The van der Waals surface area contributed by atoms with Gasteiger partial charge in [0.2, 0.25) is 0 Å². The predicted octanol–water partition coefficient (Wildman–Crippen LogP) is 2.13. The van der Waals surface area contributed by atoms with E-state index in [0.717, 1.165) is 61.7 Å². The molecule has 2 aromatic heterocycles. The van der Waals surface area contributed by atoms with Crippen molar-refractivity contribution in [3.05, 3.63) is 47.0 Å². The van der Waals surface area contributed by atoms with Crippen LogP contribution in [0.5, 0.6) is 5.75 Å². The van der Waals surface area contributed by atoms with E-state index >= 15 is 0 Å². The summed E-state index contributed by atoms with van der Waals surface area (Å²) in [6.45, 7) is 6.35. The number of hydrogen-bond acceptors (Lipinski definition) is 6. The molecule has 3 aromatic rings. The summed E-state index contributed by atoms with van der Waals surface area (Å²) < 4.78 is 7.51. The molecule has 5 rings (SSSR count). The van der Waals surface area contributed by atoms with Crippen LogP contribution < -0.4 is 10.3 Å². The molecular weight excluding hydrogens is 422 g/mol. The van der Waals surface area contributed by atoms with Gasteiger partial charge in [-0.1, -0.05) is 0 Å². The number of pyridine rings is 1. The number of methoxy groups -OCH3 is 1. The van der Waals surface area contributed by atoms with Crippen molar-refractivity contribution in [2.45, 2.75) is 19.4 Å². The second-order valence-electron chi connectivity index (χ2n) is 9.03. The van der Waals surface area contributed by atoms with E-state index in [1.54, 1.807) is 13.3 Å². The van der Waals surface area contributed by atoms with Gasteiger partial charge in [0.15, 0.2) is 0 Å². The first kappa shape index (κ1) is 23.0. The second kappa shape index (κ2) is 9.76. The zero-order valence-corrected chi connectivity index (χ0v) is 19.2. The fourth-order valence-electron chi connectivity index (χ4n) is 4.54. The van der Waals surface area contributed by atoms with Crippen LogP contribution in [0.25, 0.3) is 22.3 Å². The number of nitrogens with zero attached hydrogens (tertiary/aromatic N) is 4. The standard InChI is InChI=1S/C23H29N5O2.CH2O2/c1-26-9-11-27(12-10-26)15-23(5-6-23)16-28-8-7-24-21(28)19-14-17-13-18(30-2)3-4-20(17)25-22(19)29;2-1-3/h3-4,7-8,13-14H,5-6,9-12,15-16H2,1-2H3,(H,25,29);1H,(H,2,3). The average molecular weight is 454 g/mol. The van der Waals surface area contributed by atoms with Crippen LogP contribution >= 0.6 is 0 Å². The van der Waals surface area contributed by atoms with Gasteiger partial charge in [0, 0.05) is 68.0 Å². The number of aromatic amines is 1. The normalized spacial score (nSPS) is 17.9. The predicted molar refractivity (Wildman–Crippen MR) is 127 cm³/mol. The Morgan fingerprint density at radius 3 is 2.58 bits per heavy atom. The van der Waals surface area contributed by atoms with Gasteiger partial charge in [-0.15, -0.1) is 0 Å². The number of rotatable bonds is 6. The molecule has 0 atom stereocenters. The van der Waals surface area contributed by atoms with E-state index in [1.165, 1.54) is 12.8 Å². The molecule has 2 N–H and O–H groups in total. The minimum absolute atomic E-state index is 0.107. The second-order valence-corrected chi connectivity index (χ2v) is 9.03. The number of benzene rings is 1. The minimum Gasteiger partial charge on any atom is -0.497 e. The number of ether oxygens (including phenoxy) is 1. The Morgan fingerprint density at radius 2 is 1.91 bits per heavy atom. The number of likely N-dealkylation sites (N-methyl/N-ethyl adjacent to an activating group) is 1. The van der Waals surface area contributed by atoms with Gasteiger partial charge in [-0.25, -0.2) is 4.98 Å². The number of carbonyl (C=O) groups is 1. The molecule has 9 nitrogen and oxygen atoms in total. The van der Waals surface area contributed by atoms with Gasteiger partial charge in [0.1, 0.15) is 11.6 Å². The molecule has 1 saturated carbocycles. The highest BCUT2D eigenvalue weighted by Crippen LogP contribution is 2.48. The van der Waals surface area contributed by atoms with Crippen LogP contribution in [0.1, 0.15) is 12.8 Å². The van der Waals surface area contributed by atoms with Crippen LogP contribution in [0, 0.1) is 5.41 Å². The number of hydrogen-bond donors (Lipinski definition) is 2. The molecular formula is C24H31N5O4. The van der Waals surface area contributed by atoms with Crippen LogP contribution in [-0.2, 0) is 11.3 Å². The number of imidazole rings is 1. The zero-order chi connectivity index (χ0) is 23.4. The number of aromatic nitrogens is 3. The summed E-state index contributed by atoms with van der Waals surface area (Å²) in [5.74, 6) is 1.51. The van der Waals surface area contributed by atoms with E-state index in [9.17, 15) is 4.79 Å². The number of nitrogens with one attached hydrogen (secondary N) is 1. The molecule has 2 fully saturated rings. The van der Waals surface area contributed by atoms with Gasteiger partial charge in [-0.2, -0.15) is 0 Å². The molecule has 2 aliphatic rings. The molecule has 33 heavy (non-hydrogen) atoms. The summed E-state index contributed by atoms with van der Waals surface area (Å²) >= 11 is 0. The Hall–Kier alpha value is -3.17. The Bertz CT molecular complexity index is 1160. The third kappa shape index (κ3) is 5.26. The number of piperazine rings is 1. The summed E-state index contributed by atoms with van der Waals surface area (Å²) in [7, 11) is 3.84. The number of H-pyrrole nitrogens is 1. The van der Waals surface area contributed by atoms with Crippen LogP contribution in [0.15, 0.2) is 41.5 Å². The molecule has 0 radical (unpaired) electrons. The minimum atomic E-state index is -0.250. The van der Waals surface area contributed by atoms with Crippen LogP contribution in [0.2, 0.25) is 0 Å². The van der Waals surface area contributed by atoms with Crippen LogP contribution in [-0.4, -0.2) is 82.8 Å². The highest BCUT2D eigenvalue weighted by atomic mass is 16.5. The topological polar surface area (TPSA) is 104 Å². The van der Waals surface area contributed by atoms with E-state index in [1.807, 2.05) is 30.5 Å². The van der Waals surface area contributed by atoms with Gasteiger partial charge in [-0.3, -0.25) is 9.59 Å². The lowest BCUT2D eigenvalue weighted by Gasteiger charge is -2.35. The molecule has 0 unspecified atom stereocenters. The van der Waals surface area contributed by atoms with E-state index in [-0.39, 0.29) is 12.0 Å². The molecule has 1 aliphatic heterocycles. The van der Waals surface area contributed by atoms with Crippen molar-refractivity contribution in [3.8, 4) is 17.1 Å². The molecule has 0 bridgehead atoms. The third-order valence-corrected chi connectivity index (χ3v) is 6.63. The van der Waals surface area contributed by atoms with Gasteiger partial charge >= 0.3 is 0 Å². The van der Waals surface area contributed by atoms with Gasteiger partial charge in [0.05, 0.1) is 12.7 Å². The highest BCUT2D eigenvalue weighted by molar-refractivity contribution is 5.83. The third-order valence-electron chi connectivity index (χ3n) is 6.63. The first-order chi connectivity index (χ1) is 16.0. The lowest BCUT2D eigenvalue weighted by Crippen LogP contribution is -2.46. The maximum absolute atomic E-state index is 12.8. The molecule has 3 heterocycles. The average Bonchev–Trinajstić information content (AvgIpc) is 3.41. The van der Waals surface area contributed by atoms with Crippen molar-refractivity contribution in [3.63, 3.8) is 0 Å². The van der Waals surface area contributed by atoms with Crippen molar-refractivity contribution < 1.29 is 14.6 Å². The summed E-state index contributed by atoms with van der Waals surface area (Å²) in [5, 5.41) is 7.83. The molecule has 9 heteroatoms. The van der Waals surface area contributed by atoms with E-state index < -0.39 is 0 Å². The number of carboxylic acid groups (broad SMARTS) is 1. The quantitative estimate of drug-likeness (QED) is 0.551. The number of fused-ring (bicyclic) bond motifs is 1. The van der Waals surface area contributed by atoms with E-state index in [0.29, 0.717) is 11.0 Å². The van der Waals surface area contributed by atoms with Crippen molar-refractivity contribution in [1.82, 2.24) is 24.3 Å². The molecule has 0 spiro atoms. The van der Waals surface area contributed by atoms with Gasteiger partial charge in [-0.05, 0) is 44.2 Å². The monoisotopic (exact) mass is 453 g/mol. The fourth-order valence-corrected chi connectivity index (χ4v) is 4.54. The van der Waals surface area contributed by atoms with Crippen LogP contribution in [0.4, 0.5) is 0 Å².